The molecular formula is C30H43ClN2O3. The number of halogens is 1. The number of nitrogens with zero attached hydrogens (tertiary/aromatic N) is 2. The molecule has 6 heteroatoms. The molecule has 0 amide bonds. The highest BCUT2D eigenvalue weighted by atomic mass is 35.5. The van der Waals surface area contributed by atoms with Gasteiger partial charge in [-0.1, -0.05) is 37.6 Å². The Labute approximate surface area is 223 Å². The van der Waals surface area contributed by atoms with E-state index in [1.807, 2.05) is 74.5 Å². The quantitative estimate of drug-likeness (QED) is 0.347. The predicted molar refractivity (Wildman–Crippen MR) is 151 cm³/mol. The summed E-state index contributed by atoms with van der Waals surface area (Å²) >= 11 is 5.95. The average Bonchev–Trinajstić information content (AvgIpc) is 2.84. The Balaban J connectivity index is 0.000000254. The number of ether oxygens (including phenoxy) is 2. The SMILES string of the molecule is CC(C)CN1CCC(Oc2cccc(Cl)c2)CC1.CCN(C)/C=C(/C(C)=O)c1cc(OC)ccc1C. The number of likely N-dealkylation sites (tertiary alicyclic amines) is 1. The first-order valence-corrected chi connectivity index (χ1v) is 13.2. The number of methoxy groups -OCH3 is 1. The lowest BCUT2D eigenvalue weighted by Crippen LogP contribution is -2.39. The molecule has 0 N–H and O–H groups in total. The van der Waals surface area contributed by atoms with Gasteiger partial charge < -0.3 is 19.3 Å². The van der Waals surface area contributed by atoms with Crippen molar-refractivity contribution in [3.8, 4) is 11.5 Å². The molecule has 2 aromatic rings. The van der Waals surface area contributed by atoms with Gasteiger partial charge in [0.25, 0.3) is 0 Å². The van der Waals surface area contributed by atoms with E-state index in [9.17, 15) is 4.79 Å². The lowest BCUT2D eigenvalue weighted by molar-refractivity contribution is -0.111. The van der Waals surface area contributed by atoms with E-state index >= 15 is 0 Å². The minimum atomic E-state index is 0.0617. The lowest BCUT2D eigenvalue weighted by Gasteiger charge is -2.33. The van der Waals surface area contributed by atoms with E-state index in [0.717, 1.165) is 71.6 Å². The number of rotatable bonds is 9. The molecule has 36 heavy (non-hydrogen) atoms. The van der Waals surface area contributed by atoms with Crippen LogP contribution in [-0.2, 0) is 4.79 Å². The molecule has 1 heterocycles. The molecule has 1 aliphatic rings. The summed E-state index contributed by atoms with van der Waals surface area (Å²) in [7, 11) is 3.59. The molecule has 0 aliphatic carbocycles. The van der Waals surface area contributed by atoms with Gasteiger partial charge in [0.1, 0.15) is 17.6 Å². The van der Waals surface area contributed by atoms with Crippen molar-refractivity contribution in [2.75, 3.05) is 40.3 Å². The van der Waals surface area contributed by atoms with Crippen LogP contribution in [0.2, 0.25) is 5.02 Å². The van der Waals surface area contributed by atoms with Crippen LogP contribution in [0.3, 0.4) is 0 Å². The van der Waals surface area contributed by atoms with Crippen LogP contribution >= 0.6 is 11.6 Å². The number of ketones is 1. The zero-order valence-corrected chi connectivity index (χ0v) is 23.8. The molecule has 1 saturated heterocycles. The van der Waals surface area contributed by atoms with Gasteiger partial charge in [0, 0.05) is 50.0 Å². The van der Waals surface area contributed by atoms with Gasteiger partial charge in [-0.15, -0.1) is 0 Å². The van der Waals surface area contributed by atoms with Gasteiger partial charge >= 0.3 is 0 Å². The van der Waals surface area contributed by atoms with Gasteiger partial charge in [0.15, 0.2) is 5.78 Å². The fourth-order valence-electron chi connectivity index (χ4n) is 4.14. The molecule has 0 saturated carbocycles. The van der Waals surface area contributed by atoms with Gasteiger partial charge in [-0.3, -0.25) is 4.79 Å². The number of hydrogen-bond acceptors (Lipinski definition) is 5. The van der Waals surface area contributed by atoms with Crippen molar-refractivity contribution in [2.45, 2.75) is 53.6 Å². The van der Waals surface area contributed by atoms with Crippen molar-refractivity contribution in [3.63, 3.8) is 0 Å². The first kappa shape index (κ1) is 29.7. The number of hydrogen-bond donors (Lipinski definition) is 0. The molecule has 0 spiro atoms. The molecule has 198 valence electrons. The van der Waals surface area contributed by atoms with Crippen LogP contribution in [0.5, 0.6) is 11.5 Å². The number of carbonyl (C=O) groups is 1. The molecule has 5 nitrogen and oxygen atoms in total. The smallest absolute Gasteiger partial charge is 0.161 e. The first-order valence-electron chi connectivity index (χ1n) is 12.9. The van der Waals surface area contributed by atoms with Crippen LogP contribution in [0.25, 0.3) is 5.57 Å². The molecule has 3 rings (SSSR count). The summed E-state index contributed by atoms with van der Waals surface area (Å²) in [6, 6.07) is 13.5. The maximum Gasteiger partial charge on any atom is 0.161 e. The Bertz CT molecular complexity index is 997. The second-order valence-electron chi connectivity index (χ2n) is 9.82. The number of piperidine rings is 1. The fraction of sp³-hybridized carbons (Fsp3) is 0.500. The largest absolute Gasteiger partial charge is 0.497 e. The number of aryl methyl sites for hydroxylation is 1. The zero-order chi connectivity index (χ0) is 26.7. The van der Waals surface area contributed by atoms with Crippen LogP contribution in [0.1, 0.15) is 51.7 Å². The minimum Gasteiger partial charge on any atom is -0.497 e. The van der Waals surface area contributed by atoms with Crippen LogP contribution in [0.15, 0.2) is 48.7 Å². The topological polar surface area (TPSA) is 42.0 Å². The third kappa shape index (κ3) is 9.87. The summed E-state index contributed by atoms with van der Waals surface area (Å²) in [6.45, 7) is 14.5. The number of benzene rings is 2. The first-order chi connectivity index (χ1) is 17.1. The van der Waals surface area contributed by atoms with Crippen molar-refractivity contribution in [1.82, 2.24) is 9.80 Å². The highest BCUT2D eigenvalue weighted by molar-refractivity contribution is 6.30. The highest BCUT2D eigenvalue weighted by Crippen LogP contribution is 2.25. The normalized spacial score (nSPS) is 14.8. The monoisotopic (exact) mass is 514 g/mol. The third-order valence-corrected chi connectivity index (χ3v) is 6.45. The molecular weight excluding hydrogens is 472 g/mol. The molecule has 0 atom stereocenters. The summed E-state index contributed by atoms with van der Waals surface area (Å²) in [5.41, 5.74) is 2.72. The van der Waals surface area contributed by atoms with Crippen LogP contribution < -0.4 is 9.47 Å². The van der Waals surface area contributed by atoms with E-state index in [1.165, 1.54) is 6.54 Å². The van der Waals surface area contributed by atoms with Crippen molar-refractivity contribution in [2.24, 2.45) is 5.92 Å². The lowest BCUT2D eigenvalue weighted by atomic mass is 9.98. The van der Waals surface area contributed by atoms with Crippen molar-refractivity contribution < 1.29 is 14.3 Å². The minimum absolute atomic E-state index is 0.0617. The van der Waals surface area contributed by atoms with E-state index in [1.54, 1.807) is 14.0 Å². The van der Waals surface area contributed by atoms with Crippen molar-refractivity contribution in [1.29, 1.82) is 0 Å². The summed E-state index contributed by atoms with van der Waals surface area (Å²) in [4.78, 5) is 16.3. The van der Waals surface area contributed by atoms with Gasteiger partial charge in [-0.2, -0.15) is 0 Å². The molecule has 2 aromatic carbocycles. The Hall–Kier alpha value is -2.50. The Morgan fingerprint density at radius 1 is 1.17 bits per heavy atom. The summed E-state index contributed by atoms with van der Waals surface area (Å²) in [5, 5.41) is 0.741. The number of Topliss-reactive ketones (excluding diaryl/α,β-unsaturated/α-hetero) is 1. The standard InChI is InChI=1S/C15H22ClNO.C15H21NO2/c1-12(2)11-17-8-6-14(7-9-17)18-15-5-3-4-13(16)10-15;1-6-16(4)10-15(12(3)17)14-9-13(18-5)8-7-11(14)2/h3-5,10,12,14H,6-9,11H2,1-2H3;7-10H,6H2,1-5H3/b;15-10-. The molecule has 0 radical (unpaired) electrons. The third-order valence-electron chi connectivity index (χ3n) is 6.22. The molecule has 1 aliphatic heterocycles. The molecule has 0 aromatic heterocycles. The Kier molecular flexibility index (Phi) is 12.3. The molecule has 1 fully saturated rings. The zero-order valence-electron chi connectivity index (χ0n) is 23.0. The van der Waals surface area contributed by atoms with Gasteiger partial charge in [0.2, 0.25) is 0 Å². The average molecular weight is 515 g/mol. The van der Waals surface area contributed by atoms with E-state index in [2.05, 4.69) is 18.7 Å². The maximum absolute atomic E-state index is 11.8. The molecule has 0 unspecified atom stereocenters. The predicted octanol–water partition coefficient (Wildman–Crippen LogP) is 6.72. The maximum atomic E-state index is 11.8. The summed E-state index contributed by atoms with van der Waals surface area (Å²) < 4.78 is 11.2. The van der Waals surface area contributed by atoms with E-state index in [0.29, 0.717) is 6.10 Å². The van der Waals surface area contributed by atoms with Crippen LogP contribution in [-0.4, -0.2) is 62.0 Å². The second-order valence-corrected chi connectivity index (χ2v) is 10.3. The number of allylic oxidation sites excluding steroid dienone is 1. The van der Waals surface area contributed by atoms with Gasteiger partial charge in [-0.05, 0) is 81.0 Å². The molecule has 0 bridgehead atoms. The Morgan fingerprint density at radius 2 is 1.86 bits per heavy atom. The second kappa shape index (κ2) is 14.9. The fourth-order valence-corrected chi connectivity index (χ4v) is 4.32. The summed E-state index contributed by atoms with van der Waals surface area (Å²) in [6.07, 6.45) is 4.45. The van der Waals surface area contributed by atoms with Gasteiger partial charge in [0.05, 0.1) is 7.11 Å². The van der Waals surface area contributed by atoms with Crippen LogP contribution in [0, 0.1) is 12.8 Å². The highest BCUT2D eigenvalue weighted by Gasteiger charge is 2.20. The number of carbonyl (C=O) groups excluding carboxylic acids is 1. The van der Waals surface area contributed by atoms with E-state index in [-0.39, 0.29) is 5.78 Å². The van der Waals surface area contributed by atoms with Crippen molar-refractivity contribution >= 4 is 23.0 Å². The van der Waals surface area contributed by atoms with Crippen molar-refractivity contribution in [3.05, 3.63) is 64.8 Å². The van der Waals surface area contributed by atoms with Crippen LogP contribution in [0.4, 0.5) is 0 Å². The van der Waals surface area contributed by atoms with E-state index in [4.69, 9.17) is 21.1 Å². The van der Waals surface area contributed by atoms with Gasteiger partial charge in [-0.25, -0.2) is 0 Å². The Morgan fingerprint density at radius 3 is 2.42 bits per heavy atom. The summed E-state index contributed by atoms with van der Waals surface area (Å²) in [5.74, 6) is 2.47. The van der Waals surface area contributed by atoms with E-state index < -0.39 is 0 Å².